The van der Waals surface area contributed by atoms with E-state index in [9.17, 15) is 14.4 Å². The number of amides is 1. The lowest BCUT2D eigenvalue weighted by atomic mass is 10.1. The van der Waals surface area contributed by atoms with Crippen LogP contribution in [-0.2, 0) is 20.8 Å². The number of hydrogen-bond acceptors (Lipinski definition) is 10. The third kappa shape index (κ3) is 5.72. The number of esters is 2. The third-order valence-electron chi connectivity index (χ3n) is 4.85. The number of benzene rings is 1. The van der Waals surface area contributed by atoms with Crippen molar-refractivity contribution < 1.29 is 28.6 Å². The molecule has 0 unspecified atom stereocenters. The van der Waals surface area contributed by atoms with Crippen LogP contribution >= 0.6 is 23.1 Å². The largest absolute Gasteiger partial charge is 0.497 e. The number of thioether (sulfide) groups is 1. The van der Waals surface area contributed by atoms with Crippen LogP contribution in [0.25, 0.3) is 11.4 Å². The average molecular weight is 517 g/mol. The highest BCUT2D eigenvalue weighted by atomic mass is 32.2. The van der Waals surface area contributed by atoms with Crippen molar-refractivity contribution in [1.29, 1.82) is 0 Å². The molecule has 0 spiro atoms. The molecular formula is C23H24N4O6S2. The number of allylic oxidation sites excluding steroid dienone is 1. The molecule has 0 radical (unpaired) electrons. The predicted molar refractivity (Wildman–Crippen MR) is 133 cm³/mol. The van der Waals surface area contributed by atoms with E-state index < -0.39 is 17.8 Å². The fourth-order valence-corrected chi connectivity index (χ4v) is 5.07. The highest BCUT2D eigenvalue weighted by Gasteiger charge is 2.27. The molecule has 0 aliphatic heterocycles. The van der Waals surface area contributed by atoms with Gasteiger partial charge in [0.15, 0.2) is 11.0 Å². The summed E-state index contributed by atoms with van der Waals surface area (Å²) in [6.45, 7) is 5.82. The zero-order valence-corrected chi connectivity index (χ0v) is 21.2. The van der Waals surface area contributed by atoms with Crippen LogP contribution in [0.1, 0.15) is 25.6 Å². The maximum absolute atomic E-state index is 12.8. The second-order valence-corrected chi connectivity index (χ2v) is 8.98. The maximum Gasteiger partial charge on any atom is 0.348 e. The van der Waals surface area contributed by atoms with Gasteiger partial charge in [-0.2, -0.15) is 0 Å². The number of thiophene rings is 1. The highest BCUT2D eigenvalue weighted by Crippen LogP contribution is 2.34. The Morgan fingerprint density at radius 3 is 2.57 bits per heavy atom. The van der Waals surface area contributed by atoms with Gasteiger partial charge in [-0.1, -0.05) is 30.0 Å². The summed E-state index contributed by atoms with van der Waals surface area (Å²) in [5, 5.41) is 11.9. The molecule has 3 rings (SSSR count). The van der Waals surface area contributed by atoms with Crippen molar-refractivity contribution in [1.82, 2.24) is 14.8 Å². The average Bonchev–Trinajstić information content (AvgIpc) is 3.42. The van der Waals surface area contributed by atoms with E-state index in [1.807, 2.05) is 28.8 Å². The van der Waals surface area contributed by atoms with E-state index in [1.54, 1.807) is 20.1 Å². The summed E-state index contributed by atoms with van der Waals surface area (Å²) >= 11 is 2.13. The van der Waals surface area contributed by atoms with E-state index in [4.69, 9.17) is 14.2 Å². The standard InChI is InChI=1S/C23H24N4O6S2/c1-6-10-27-19(14-8-7-9-15(11-14)31-3)25-26-23(27)34-12-16(28)24-20-17(21(29)32-4)13(2)18(35-20)22(30)33-5/h6-9,11H,1,10,12H2,2-5H3,(H,24,28). The van der Waals surface area contributed by atoms with Crippen molar-refractivity contribution in [3.63, 3.8) is 0 Å². The Labute approximate surface area is 210 Å². The Kier molecular flexibility index (Phi) is 8.66. The van der Waals surface area contributed by atoms with Gasteiger partial charge in [-0.3, -0.25) is 9.36 Å². The Morgan fingerprint density at radius 1 is 1.17 bits per heavy atom. The monoisotopic (exact) mass is 516 g/mol. The number of methoxy groups -OCH3 is 3. The lowest BCUT2D eigenvalue weighted by Crippen LogP contribution is -2.16. The molecule has 3 aromatic rings. The van der Waals surface area contributed by atoms with Gasteiger partial charge in [0.25, 0.3) is 0 Å². The molecule has 1 N–H and O–H groups in total. The zero-order chi connectivity index (χ0) is 25.5. The van der Waals surface area contributed by atoms with Crippen molar-refractivity contribution in [2.75, 3.05) is 32.4 Å². The first-order valence-corrected chi connectivity index (χ1v) is 12.1. The molecular weight excluding hydrogens is 492 g/mol. The molecule has 2 heterocycles. The van der Waals surface area contributed by atoms with Crippen LogP contribution in [0.5, 0.6) is 5.75 Å². The van der Waals surface area contributed by atoms with E-state index in [-0.39, 0.29) is 21.2 Å². The number of nitrogens with one attached hydrogen (secondary N) is 1. The summed E-state index contributed by atoms with van der Waals surface area (Å²) in [6.07, 6.45) is 1.71. The molecule has 10 nitrogen and oxygen atoms in total. The molecule has 0 aliphatic carbocycles. The fourth-order valence-electron chi connectivity index (χ4n) is 3.19. The van der Waals surface area contributed by atoms with Gasteiger partial charge < -0.3 is 19.5 Å². The molecule has 35 heavy (non-hydrogen) atoms. The van der Waals surface area contributed by atoms with E-state index in [1.165, 1.54) is 26.0 Å². The number of carbonyl (C=O) groups excluding carboxylic acids is 3. The van der Waals surface area contributed by atoms with E-state index in [2.05, 4.69) is 22.1 Å². The third-order valence-corrected chi connectivity index (χ3v) is 7.00. The van der Waals surface area contributed by atoms with Crippen molar-refractivity contribution >= 4 is 45.9 Å². The molecule has 0 atom stereocenters. The van der Waals surface area contributed by atoms with Gasteiger partial charge in [-0.25, -0.2) is 9.59 Å². The highest BCUT2D eigenvalue weighted by molar-refractivity contribution is 7.99. The van der Waals surface area contributed by atoms with E-state index in [0.717, 1.165) is 16.9 Å². The second-order valence-electron chi connectivity index (χ2n) is 7.02. The fraction of sp³-hybridized carbons (Fsp3) is 0.261. The Morgan fingerprint density at radius 2 is 1.91 bits per heavy atom. The summed E-state index contributed by atoms with van der Waals surface area (Å²) in [5.41, 5.74) is 1.30. The minimum atomic E-state index is -0.662. The molecule has 0 aliphatic rings. The SMILES string of the molecule is C=CCn1c(SCC(=O)Nc2sc(C(=O)OC)c(C)c2C(=O)OC)nnc1-c1cccc(OC)c1. The molecule has 0 bridgehead atoms. The Bertz CT molecular complexity index is 1270. The lowest BCUT2D eigenvalue weighted by molar-refractivity contribution is -0.113. The van der Waals surface area contributed by atoms with Gasteiger partial charge in [-0.05, 0) is 24.6 Å². The molecule has 1 amide bonds. The van der Waals surface area contributed by atoms with Crippen molar-refractivity contribution in [3.05, 3.63) is 52.9 Å². The molecule has 2 aromatic heterocycles. The number of anilines is 1. The number of carbonyl (C=O) groups is 3. The van der Waals surface area contributed by atoms with E-state index >= 15 is 0 Å². The number of rotatable bonds is 10. The smallest absolute Gasteiger partial charge is 0.348 e. The molecule has 184 valence electrons. The van der Waals surface area contributed by atoms with Crippen molar-refractivity contribution in [2.24, 2.45) is 0 Å². The van der Waals surface area contributed by atoms with Gasteiger partial charge in [0.1, 0.15) is 15.6 Å². The van der Waals surface area contributed by atoms with Crippen LogP contribution in [0, 0.1) is 6.92 Å². The van der Waals surface area contributed by atoms with Crippen LogP contribution in [0.15, 0.2) is 42.1 Å². The van der Waals surface area contributed by atoms with Crippen LogP contribution in [-0.4, -0.2) is 59.7 Å². The van der Waals surface area contributed by atoms with Gasteiger partial charge in [0, 0.05) is 12.1 Å². The number of ether oxygens (including phenoxy) is 3. The Hall–Kier alpha value is -3.64. The van der Waals surface area contributed by atoms with Crippen LogP contribution in [0.3, 0.4) is 0 Å². The van der Waals surface area contributed by atoms with Gasteiger partial charge >= 0.3 is 11.9 Å². The lowest BCUT2D eigenvalue weighted by Gasteiger charge is -2.09. The maximum atomic E-state index is 12.8. The normalized spacial score (nSPS) is 10.5. The number of aromatic nitrogens is 3. The van der Waals surface area contributed by atoms with Crippen molar-refractivity contribution in [2.45, 2.75) is 18.6 Å². The Balaban J connectivity index is 1.80. The summed E-state index contributed by atoms with van der Waals surface area (Å²) in [7, 11) is 4.06. The summed E-state index contributed by atoms with van der Waals surface area (Å²) in [6, 6.07) is 7.42. The minimum Gasteiger partial charge on any atom is -0.497 e. The molecule has 0 saturated heterocycles. The molecule has 1 aromatic carbocycles. The zero-order valence-electron chi connectivity index (χ0n) is 19.6. The quantitative estimate of drug-likeness (QED) is 0.243. The number of nitrogens with zero attached hydrogens (tertiary/aromatic N) is 3. The first-order valence-electron chi connectivity index (χ1n) is 10.3. The van der Waals surface area contributed by atoms with Gasteiger partial charge in [0.05, 0.1) is 32.6 Å². The van der Waals surface area contributed by atoms with Gasteiger partial charge in [0.2, 0.25) is 5.91 Å². The summed E-state index contributed by atoms with van der Waals surface area (Å²) in [4.78, 5) is 37.3. The molecule has 0 fully saturated rings. The second kappa shape index (κ2) is 11.7. The summed E-state index contributed by atoms with van der Waals surface area (Å²) in [5.74, 6) is -0.382. The first kappa shape index (κ1) is 26.0. The topological polar surface area (TPSA) is 122 Å². The van der Waals surface area contributed by atoms with E-state index in [0.29, 0.717) is 28.8 Å². The minimum absolute atomic E-state index is 0.0154. The van der Waals surface area contributed by atoms with Crippen molar-refractivity contribution in [3.8, 4) is 17.1 Å². The molecule has 12 heteroatoms. The van der Waals surface area contributed by atoms with Crippen LogP contribution < -0.4 is 10.1 Å². The van der Waals surface area contributed by atoms with Crippen LogP contribution in [0.2, 0.25) is 0 Å². The molecule has 0 saturated carbocycles. The predicted octanol–water partition coefficient (Wildman–Crippen LogP) is 3.81. The van der Waals surface area contributed by atoms with Crippen LogP contribution in [0.4, 0.5) is 5.00 Å². The number of hydrogen-bond donors (Lipinski definition) is 1. The summed E-state index contributed by atoms with van der Waals surface area (Å²) < 4.78 is 16.7. The first-order chi connectivity index (χ1) is 16.8. The van der Waals surface area contributed by atoms with Gasteiger partial charge in [-0.15, -0.1) is 28.1 Å².